The molecule has 1 N–H and O–H groups in total. The van der Waals surface area contributed by atoms with Gasteiger partial charge in [-0.2, -0.15) is 10.4 Å². The van der Waals surface area contributed by atoms with Gasteiger partial charge in [-0.15, -0.1) is 0 Å². The Kier molecular flexibility index (Phi) is 5.95. The van der Waals surface area contributed by atoms with Crippen LogP contribution in [0.15, 0.2) is 42.7 Å². The molecule has 1 aromatic carbocycles. The minimum atomic E-state index is -0.183. The smallest absolute Gasteiger partial charge is 0.247 e. The van der Waals surface area contributed by atoms with Gasteiger partial charge in [-0.1, -0.05) is 26.0 Å². The Labute approximate surface area is 188 Å². The minimum absolute atomic E-state index is 0.0299. The monoisotopic (exact) mass is 428 g/mol. The number of hydrogen-bond acceptors (Lipinski definition) is 5. The number of pyridine rings is 1. The largest absolute Gasteiger partial charge is 0.361 e. The molecule has 0 aliphatic carbocycles. The van der Waals surface area contributed by atoms with Crippen LogP contribution in [0.4, 0.5) is 11.4 Å². The molecule has 0 saturated heterocycles. The Balaban J connectivity index is 1.45. The summed E-state index contributed by atoms with van der Waals surface area (Å²) < 4.78 is 1.92. The van der Waals surface area contributed by atoms with Crippen molar-refractivity contribution in [3.8, 4) is 6.07 Å². The maximum atomic E-state index is 12.5. The molecule has 164 valence electrons. The molecule has 2 aromatic heterocycles. The lowest BCUT2D eigenvalue weighted by atomic mass is 9.97. The van der Waals surface area contributed by atoms with Gasteiger partial charge in [-0.05, 0) is 55.0 Å². The van der Waals surface area contributed by atoms with Gasteiger partial charge in [-0.3, -0.25) is 14.5 Å². The van der Waals surface area contributed by atoms with Crippen LogP contribution in [0, 0.1) is 24.2 Å². The normalized spacial score (nSPS) is 15.4. The summed E-state index contributed by atoms with van der Waals surface area (Å²) in [4.78, 5) is 19.3. The third kappa shape index (κ3) is 4.35. The average molecular weight is 429 g/mol. The van der Waals surface area contributed by atoms with E-state index in [2.05, 4.69) is 47.5 Å². The van der Waals surface area contributed by atoms with Crippen LogP contribution in [-0.2, 0) is 24.2 Å². The minimum Gasteiger partial charge on any atom is -0.361 e. The van der Waals surface area contributed by atoms with E-state index in [1.54, 1.807) is 0 Å². The number of nitrogens with one attached hydrogen (secondary N) is 1. The van der Waals surface area contributed by atoms with E-state index in [0.29, 0.717) is 12.1 Å². The second-order valence-electron chi connectivity index (χ2n) is 8.74. The highest BCUT2D eigenvalue weighted by Gasteiger charge is 2.34. The number of likely N-dealkylation sites (N-methyl/N-ethyl adjacent to an activating group) is 1. The molecule has 32 heavy (non-hydrogen) atoms. The van der Waals surface area contributed by atoms with Gasteiger partial charge in [0.1, 0.15) is 6.04 Å². The second-order valence-corrected chi connectivity index (χ2v) is 8.74. The summed E-state index contributed by atoms with van der Waals surface area (Å²) >= 11 is 0. The van der Waals surface area contributed by atoms with Crippen molar-refractivity contribution >= 4 is 17.3 Å². The number of rotatable bonds is 6. The van der Waals surface area contributed by atoms with Gasteiger partial charge in [0.2, 0.25) is 5.91 Å². The molecule has 0 bridgehead atoms. The second kappa shape index (κ2) is 8.83. The first-order valence-electron chi connectivity index (χ1n) is 10.9. The fraction of sp³-hybridized carbons (Fsp3) is 0.360. The number of hydrogen-bond donors (Lipinski definition) is 1. The molecule has 1 aliphatic heterocycles. The lowest BCUT2D eigenvalue weighted by Gasteiger charge is -2.38. The molecule has 3 heterocycles. The molecule has 1 aliphatic rings. The van der Waals surface area contributed by atoms with Crippen molar-refractivity contribution in [3.05, 3.63) is 70.8 Å². The van der Waals surface area contributed by atoms with Crippen molar-refractivity contribution in [1.29, 1.82) is 5.26 Å². The van der Waals surface area contributed by atoms with Crippen LogP contribution in [0.25, 0.3) is 0 Å². The number of aromatic nitrogens is 3. The van der Waals surface area contributed by atoms with Crippen molar-refractivity contribution in [1.82, 2.24) is 14.8 Å². The summed E-state index contributed by atoms with van der Waals surface area (Å²) in [5, 5.41) is 16.5. The first kappa shape index (κ1) is 21.6. The Bertz CT molecular complexity index is 1170. The molecule has 0 unspecified atom stereocenters. The first-order valence-corrected chi connectivity index (χ1v) is 10.9. The number of carbonyl (C=O) groups excluding carboxylic acids is 1. The Hall–Kier alpha value is -3.66. The van der Waals surface area contributed by atoms with Gasteiger partial charge >= 0.3 is 0 Å². The molecule has 0 fully saturated rings. The SMILES string of the molecule is Cc1nc(CCc2cnn(Cc3ccc(C#N)cc3)c2)cc2c1NC(=O)[C@H](C(C)C)N2C. The van der Waals surface area contributed by atoms with E-state index in [9.17, 15) is 4.79 Å². The van der Waals surface area contributed by atoms with Crippen LogP contribution < -0.4 is 10.2 Å². The van der Waals surface area contributed by atoms with E-state index < -0.39 is 0 Å². The Morgan fingerprint density at radius 1 is 1.19 bits per heavy atom. The maximum Gasteiger partial charge on any atom is 0.247 e. The topological polar surface area (TPSA) is 86.8 Å². The number of benzene rings is 1. The Morgan fingerprint density at radius 3 is 2.62 bits per heavy atom. The zero-order valence-corrected chi connectivity index (χ0v) is 19.0. The number of carbonyl (C=O) groups is 1. The molecule has 4 rings (SSSR count). The fourth-order valence-corrected chi connectivity index (χ4v) is 4.32. The quantitative estimate of drug-likeness (QED) is 0.647. The van der Waals surface area contributed by atoms with Crippen molar-refractivity contribution in [3.63, 3.8) is 0 Å². The predicted molar refractivity (Wildman–Crippen MR) is 125 cm³/mol. The number of aryl methyl sites for hydroxylation is 3. The van der Waals surface area contributed by atoms with Gasteiger partial charge in [-0.25, -0.2) is 0 Å². The van der Waals surface area contributed by atoms with E-state index >= 15 is 0 Å². The van der Waals surface area contributed by atoms with Gasteiger partial charge in [0.25, 0.3) is 0 Å². The summed E-state index contributed by atoms with van der Waals surface area (Å²) in [6.45, 7) is 6.75. The third-order valence-corrected chi connectivity index (χ3v) is 5.96. The molecule has 0 spiro atoms. The number of amides is 1. The van der Waals surface area contributed by atoms with Crippen LogP contribution in [-0.4, -0.2) is 33.8 Å². The fourth-order valence-electron chi connectivity index (χ4n) is 4.32. The molecule has 1 atom stereocenters. The molecule has 7 nitrogen and oxygen atoms in total. The standard InChI is InChI=1S/C25H28N6O/c1-16(2)24-25(32)29-23-17(3)28-21(11-22(23)30(24)4)10-9-20-13-27-31(15-20)14-19-7-5-18(12-26)6-8-19/h5-8,11,13,15-16,24H,9-10,14H2,1-4H3,(H,29,32)/t24-/m0/s1. The highest BCUT2D eigenvalue weighted by Crippen LogP contribution is 2.35. The summed E-state index contributed by atoms with van der Waals surface area (Å²) in [5.74, 6) is 0.245. The molecule has 0 saturated carbocycles. The Morgan fingerprint density at radius 2 is 1.94 bits per heavy atom. The van der Waals surface area contributed by atoms with Crippen LogP contribution >= 0.6 is 0 Å². The average Bonchev–Trinajstić information content (AvgIpc) is 3.21. The lowest BCUT2D eigenvalue weighted by Crippen LogP contribution is -2.49. The zero-order chi connectivity index (χ0) is 22.8. The number of fused-ring (bicyclic) bond motifs is 1. The van der Waals surface area contributed by atoms with Crippen molar-refractivity contribution in [2.24, 2.45) is 5.92 Å². The number of nitrogens with zero attached hydrogens (tertiary/aromatic N) is 5. The van der Waals surface area contributed by atoms with Crippen LogP contribution in [0.2, 0.25) is 0 Å². The highest BCUT2D eigenvalue weighted by atomic mass is 16.2. The van der Waals surface area contributed by atoms with Crippen molar-refractivity contribution in [2.45, 2.75) is 46.2 Å². The van der Waals surface area contributed by atoms with E-state index in [1.807, 2.05) is 49.1 Å². The summed E-state index contributed by atoms with van der Waals surface area (Å²) in [6, 6.07) is 11.6. The summed E-state index contributed by atoms with van der Waals surface area (Å²) in [7, 11) is 1.98. The molecule has 3 aromatic rings. The van der Waals surface area contributed by atoms with Gasteiger partial charge in [0, 0.05) is 18.9 Å². The maximum absolute atomic E-state index is 12.5. The molecule has 1 amide bonds. The van der Waals surface area contributed by atoms with Crippen molar-refractivity contribution < 1.29 is 4.79 Å². The molecule has 0 radical (unpaired) electrons. The number of anilines is 2. The van der Waals surface area contributed by atoms with Gasteiger partial charge in [0.15, 0.2) is 0 Å². The van der Waals surface area contributed by atoms with E-state index in [4.69, 9.17) is 10.2 Å². The predicted octanol–water partition coefficient (Wildman–Crippen LogP) is 3.70. The lowest BCUT2D eigenvalue weighted by molar-refractivity contribution is -0.118. The zero-order valence-electron chi connectivity index (χ0n) is 19.0. The van der Waals surface area contributed by atoms with Crippen LogP contribution in [0.5, 0.6) is 0 Å². The van der Waals surface area contributed by atoms with E-state index in [1.165, 1.54) is 0 Å². The van der Waals surface area contributed by atoms with Crippen molar-refractivity contribution in [2.75, 3.05) is 17.3 Å². The van der Waals surface area contributed by atoms with Crippen LogP contribution in [0.1, 0.15) is 41.9 Å². The summed E-state index contributed by atoms with van der Waals surface area (Å²) in [6.07, 6.45) is 5.59. The van der Waals surface area contributed by atoms with Gasteiger partial charge < -0.3 is 10.2 Å². The molecular weight excluding hydrogens is 400 g/mol. The van der Waals surface area contributed by atoms with E-state index in [0.717, 1.165) is 46.7 Å². The summed E-state index contributed by atoms with van der Waals surface area (Å²) in [5.41, 5.74) is 6.61. The van der Waals surface area contributed by atoms with E-state index in [-0.39, 0.29) is 17.9 Å². The van der Waals surface area contributed by atoms with Crippen LogP contribution in [0.3, 0.4) is 0 Å². The molecular formula is C25H28N6O. The number of nitriles is 1. The highest BCUT2D eigenvalue weighted by molar-refractivity contribution is 6.04. The third-order valence-electron chi connectivity index (χ3n) is 5.96. The molecule has 7 heteroatoms. The first-order chi connectivity index (χ1) is 15.4. The van der Waals surface area contributed by atoms with Gasteiger partial charge in [0.05, 0.1) is 41.4 Å².